The average molecular weight is 372 g/mol. The van der Waals surface area contributed by atoms with Gasteiger partial charge in [0.2, 0.25) is 11.8 Å². The molecule has 0 spiro atoms. The molecule has 1 aliphatic heterocycles. The van der Waals surface area contributed by atoms with Gasteiger partial charge in [0.15, 0.2) is 0 Å². The van der Waals surface area contributed by atoms with Crippen molar-refractivity contribution in [2.75, 3.05) is 19.6 Å². The van der Waals surface area contributed by atoms with Gasteiger partial charge in [-0.1, -0.05) is 18.2 Å². The van der Waals surface area contributed by atoms with Crippen LogP contribution in [0.5, 0.6) is 0 Å². The lowest BCUT2D eigenvalue weighted by atomic mass is 10.1. The number of carbonyl (C=O) groups is 2. The normalized spacial score (nSPS) is 26.5. The van der Waals surface area contributed by atoms with Crippen molar-refractivity contribution in [2.45, 2.75) is 31.5 Å². The fraction of sp³-hybridized carbons (Fsp3) is 0.529. The molecule has 1 saturated heterocycles. The maximum absolute atomic E-state index is 13.7. The van der Waals surface area contributed by atoms with Crippen LogP contribution >= 0.6 is 12.4 Å². The lowest BCUT2D eigenvalue weighted by Gasteiger charge is -2.35. The first-order valence-corrected chi connectivity index (χ1v) is 8.19. The predicted octanol–water partition coefficient (Wildman–Crippen LogP) is 0.516. The van der Waals surface area contributed by atoms with Crippen LogP contribution in [-0.2, 0) is 16.1 Å². The van der Waals surface area contributed by atoms with E-state index in [2.05, 4.69) is 0 Å². The van der Waals surface area contributed by atoms with Gasteiger partial charge < -0.3 is 20.6 Å². The summed E-state index contributed by atoms with van der Waals surface area (Å²) < 4.78 is 13.7. The molecule has 1 saturated carbocycles. The first-order valence-electron chi connectivity index (χ1n) is 8.19. The van der Waals surface area contributed by atoms with Gasteiger partial charge in [-0.15, -0.1) is 12.4 Å². The third-order valence-corrected chi connectivity index (χ3v) is 4.88. The Morgan fingerprint density at radius 1 is 1.28 bits per heavy atom. The predicted molar refractivity (Wildman–Crippen MR) is 92.4 cm³/mol. The third-order valence-electron chi connectivity index (χ3n) is 4.88. The highest BCUT2D eigenvalue weighted by atomic mass is 35.5. The zero-order valence-electron chi connectivity index (χ0n) is 13.8. The quantitative estimate of drug-likeness (QED) is 0.810. The van der Waals surface area contributed by atoms with Crippen molar-refractivity contribution >= 4 is 24.2 Å². The summed E-state index contributed by atoms with van der Waals surface area (Å²) in [5, 5.41) is 9.69. The summed E-state index contributed by atoms with van der Waals surface area (Å²) in [4.78, 5) is 27.9. The fourth-order valence-corrected chi connectivity index (χ4v) is 3.40. The topological polar surface area (TPSA) is 86.9 Å². The molecule has 138 valence electrons. The molecule has 0 unspecified atom stereocenters. The van der Waals surface area contributed by atoms with E-state index in [0.29, 0.717) is 31.5 Å². The SMILES string of the molecule is Cl.N[C@@H]1C[C@H](C(=O)N2CCN(Cc3ccccc3F)C(=O)C2)C[C@H]1O. The van der Waals surface area contributed by atoms with Crippen LogP contribution in [0.15, 0.2) is 24.3 Å². The Hall–Kier alpha value is -1.70. The molecule has 3 atom stereocenters. The molecule has 2 aliphatic rings. The number of amides is 2. The highest BCUT2D eigenvalue weighted by Crippen LogP contribution is 2.27. The number of hydrogen-bond donors (Lipinski definition) is 2. The van der Waals surface area contributed by atoms with Crippen LogP contribution in [0.1, 0.15) is 18.4 Å². The minimum Gasteiger partial charge on any atom is -0.391 e. The molecule has 8 heteroatoms. The van der Waals surface area contributed by atoms with Crippen molar-refractivity contribution in [1.29, 1.82) is 0 Å². The molecule has 1 aliphatic carbocycles. The summed E-state index contributed by atoms with van der Waals surface area (Å²) in [6.07, 6.45) is 0.143. The highest BCUT2D eigenvalue weighted by molar-refractivity contribution is 5.87. The minimum atomic E-state index is -0.656. The van der Waals surface area contributed by atoms with E-state index in [1.165, 1.54) is 11.0 Å². The Morgan fingerprint density at radius 2 is 2.00 bits per heavy atom. The molecule has 2 fully saturated rings. The van der Waals surface area contributed by atoms with Crippen LogP contribution in [0.2, 0.25) is 0 Å². The van der Waals surface area contributed by atoms with E-state index in [0.717, 1.165) is 0 Å². The number of benzene rings is 1. The van der Waals surface area contributed by atoms with Gasteiger partial charge in [0.05, 0.1) is 12.6 Å². The van der Waals surface area contributed by atoms with E-state index < -0.39 is 6.10 Å². The van der Waals surface area contributed by atoms with Crippen molar-refractivity contribution in [3.05, 3.63) is 35.6 Å². The number of hydrogen-bond acceptors (Lipinski definition) is 4. The number of aliphatic hydroxyl groups excluding tert-OH is 1. The molecule has 6 nitrogen and oxygen atoms in total. The molecule has 1 aromatic carbocycles. The first-order chi connectivity index (χ1) is 11.5. The smallest absolute Gasteiger partial charge is 0.242 e. The van der Waals surface area contributed by atoms with Crippen molar-refractivity contribution in [2.24, 2.45) is 11.7 Å². The molecular formula is C17H23ClFN3O3. The maximum Gasteiger partial charge on any atom is 0.242 e. The fourth-order valence-electron chi connectivity index (χ4n) is 3.40. The molecule has 0 radical (unpaired) electrons. The monoisotopic (exact) mass is 371 g/mol. The second-order valence-corrected chi connectivity index (χ2v) is 6.57. The summed E-state index contributed by atoms with van der Waals surface area (Å²) in [7, 11) is 0. The first kappa shape index (κ1) is 19.6. The number of carbonyl (C=O) groups excluding carboxylic acids is 2. The summed E-state index contributed by atoms with van der Waals surface area (Å²) >= 11 is 0. The molecule has 3 rings (SSSR count). The zero-order chi connectivity index (χ0) is 17.3. The molecule has 0 aromatic heterocycles. The third kappa shape index (κ3) is 4.29. The van der Waals surface area contributed by atoms with Crippen LogP contribution in [0, 0.1) is 11.7 Å². The van der Waals surface area contributed by atoms with Gasteiger partial charge in [0.25, 0.3) is 0 Å². The van der Waals surface area contributed by atoms with Crippen LogP contribution < -0.4 is 5.73 Å². The molecular weight excluding hydrogens is 349 g/mol. The van der Waals surface area contributed by atoms with E-state index in [1.54, 1.807) is 23.1 Å². The average Bonchev–Trinajstić information content (AvgIpc) is 2.90. The zero-order valence-corrected chi connectivity index (χ0v) is 14.6. The summed E-state index contributed by atoms with van der Waals surface area (Å²) in [6, 6.07) is 5.99. The number of nitrogens with two attached hydrogens (primary N) is 1. The Balaban J connectivity index is 0.00000225. The van der Waals surface area contributed by atoms with Crippen LogP contribution in [0.4, 0.5) is 4.39 Å². The Kier molecular flexibility index (Phi) is 6.37. The maximum atomic E-state index is 13.7. The van der Waals surface area contributed by atoms with Crippen molar-refractivity contribution in [3.8, 4) is 0 Å². The van der Waals surface area contributed by atoms with Crippen molar-refractivity contribution in [3.63, 3.8) is 0 Å². The number of halogens is 2. The summed E-state index contributed by atoms with van der Waals surface area (Å²) in [6.45, 7) is 0.997. The van der Waals surface area contributed by atoms with Gasteiger partial charge in [-0.25, -0.2) is 4.39 Å². The van der Waals surface area contributed by atoms with Gasteiger partial charge in [0.1, 0.15) is 5.82 Å². The Bertz CT molecular complexity index is 635. The largest absolute Gasteiger partial charge is 0.391 e. The molecule has 1 heterocycles. The molecule has 1 aromatic rings. The molecule has 25 heavy (non-hydrogen) atoms. The minimum absolute atomic E-state index is 0. The van der Waals surface area contributed by atoms with Crippen molar-refractivity contribution < 1.29 is 19.1 Å². The molecule has 0 bridgehead atoms. The lowest BCUT2D eigenvalue weighted by Crippen LogP contribution is -2.53. The lowest BCUT2D eigenvalue weighted by molar-refractivity contribution is -0.148. The second-order valence-electron chi connectivity index (χ2n) is 6.57. The van der Waals surface area contributed by atoms with E-state index in [1.807, 2.05) is 0 Å². The Labute approximate surface area is 152 Å². The van der Waals surface area contributed by atoms with Crippen molar-refractivity contribution in [1.82, 2.24) is 9.80 Å². The van der Waals surface area contributed by atoms with E-state index >= 15 is 0 Å². The highest BCUT2D eigenvalue weighted by Gasteiger charge is 2.38. The van der Waals surface area contributed by atoms with Crippen LogP contribution in [-0.4, -0.2) is 58.5 Å². The van der Waals surface area contributed by atoms with Gasteiger partial charge in [0, 0.05) is 37.2 Å². The van der Waals surface area contributed by atoms with Crippen LogP contribution in [0.3, 0.4) is 0 Å². The number of aliphatic hydroxyl groups is 1. The van der Waals surface area contributed by atoms with Gasteiger partial charge >= 0.3 is 0 Å². The second kappa shape index (κ2) is 8.12. The number of piperazine rings is 1. The van der Waals surface area contributed by atoms with Gasteiger partial charge in [-0.05, 0) is 18.9 Å². The number of nitrogens with zero attached hydrogens (tertiary/aromatic N) is 2. The van der Waals surface area contributed by atoms with E-state index in [4.69, 9.17) is 5.73 Å². The van der Waals surface area contributed by atoms with E-state index in [-0.39, 0.29) is 55.1 Å². The van der Waals surface area contributed by atoms with Gasteiger partial charge in [-0.3, -0.25) is 9.59 Å². The molecule has 3 N–H and O–H groups in total. The summed E-state index contributed by atoms with van der Waals surface area (Å²) in [5.41, 5.74) is 6.22. The van der Waals surface area contributed by atoms with Gasteiger partial charge in [-0.2, -0.15) is 0 Å². The van der Waals surface area contributed by atoms with Crippen LogP contribution in [0.25, 0.3) is 0 Å². The van der Waals surface area contributed by atoms with E-state index in [9.17, 15) is 19.1 Å². The Morgan fingerprint density at radius 3 is 2.60 bits per heavy atom. The molecule has 2 amide bonds. The number of rotatable bonds is 3. The summed E-state index contributed by atoms with van der Waals surface area (Å²) in [5.74, 6) is -0.972. The standard InChI is InChI=1S/C17H22FN3O3.ClH/c18-13-4-2-1-3-11(13)9-20-5-6-21(10-16(20)23)17(24)12-7-14(19)15(22)8-12;/h1-4,12,14-15,22H,5-10,19H2;1H/t12-,14+,15+;/m0./s1.